The van der Waals surface area contributed by atoms with E-state index in [1.54, 1.807) is 38.6 Å². The predicted molar refractivity (Wildman–Crippen MR) is 116 cm³/mol. The van der Waals surface area contributed by atoms with Crippen LogP contribution >= 0.6 is 0 Å². The van der Waals surface area contributed by atoms with E-state index in [9.17, 15) is 4.79 Å². The molecule has 0 bridgehead atoms. The Hall–Kier alpha value is -3.74. The average Bonchev–Trinajstić information content (AvgIpc) is 2.79. The summed E-state index contributed by atoms with van der Waals surface area (Å²) in [5.41, 5.74) is 6.19. The fraction of sp³-hybridized carbons (Fsp3) is 0.217. The summed E-state index contributed by atoms with van der Waals surface area (Å²) >= 11 is 0. The van der Waals surface area contributed by atoms with Gasteiger partial charge in [-0.2, -0.15) is 5.10 Å². The van der Waals surface area contributed by atoms with Gasteiger partial charge in [0.1, 0.15) is 17.2 Å². The number of hydrogen-bond acceptors (Lipinski definition) is 6. The highest BCUT2D eigenvalue weighted by Crippen LogP contribution is 2.21. The number of amides is 1. The first-order valence-electron chi connectivity index (χ1n) is 9.60. The van der Waals surface area contributed by atoms with E-state index in [1.807, 2.05) is 12.1 Å². The summed E-state index contributed by atoms with van der Waals surface area (Å²) in [7, 11) is 3.14. The Kier molecular flexibility index (Phi) is 7.10. The highest BCUT2D eigenvalue weighted by atomic mass is 16.5. The van der Waals surface area contributed by atoms with Crippen LogP contribution in [0.1, 0.15) is 35.0 Å². The van der Waals surface area contributed by atoms with Crippen molar-refractivity contribution in [3.05, 3.63) is 71.7 Å². The predicted octanol–water partition coefficient (Wildman–Crippen LogP) is 3.88. The molecule has 0 radical (unpaired) electrons. The fourth-order valence-electron chi connectivity index (χ4n) is 2.87. The quantitative estimate of drug-likeness (QED) is 0.455. The minimum Gasteiger partial charge on any atom is -0.497 e. The van der Waals surface area contributed by atoms with Gasteiger partial charge in [-0.15, -0.1) is 0 Å². The van der Waals surface area contributed by atoms with Gasteiger partial charge in [-0.3, -0.25) is 9.78 Å². The zero-order chi connectivity index (χ0) is 21.3. The summed E-state index contributed by atoms with van der Waals surface area (Å²) in [5.74, 6) is 0.814. The molecule has 1 heterocycles. The molecule has 0 saturated heterocycles. The molecule has 0 unspecified atom stereocenters. The largest absolute Gasteiger partial charge is 0.497 e. The molecule has 30 heavy (non-hydrogen) atoms. The van der Waals surface area contributed by atoms with Crippen LogP contribution in [0.4, 0.5) is 0 Å². The number of aromatic nitrogens is 2. The Morgan fingerprint density at radius 3 is 2.40 bits per heavy atom. The van der Waals surface area contributed by atoms with Gasteiger partial charge < -0.3 is 9.47 Å². The molecule has 2 aromatic carbocycles. The molecule has 7 nitrogen and oxygen atoms in total. The van der Waals surface area contributed by atoms with Crippen molar-refractivity contribution in [3.8, 4) is 22.8 Å². The molecule has 7 heteroatoms. The monoisotopic (exact) mass is 404 g/mol. The number of ether oxygens (including phenoxy) is 2. The third-order valence-corrected chi connectivity index (χ3v) is 4.41. The number of carbonyl (C=O) groups is 1. The van der Waals surface area contributed by atoms with Gasteiger partial charge in [0.15, 0.2) is 0 Å². The van der Waals surface area contributed by atoms with E-state index in [2.05, 4.69) is 39.6 Å². The van der Waals surface area contributed by atoms with Gasteiger partial charge >= 0.3 is 0 Å². The van der Waals surface area contributed by atoms with E-state index >= 15 is 0 Å². The van der Waals surface area contributed by atoms with Gasteiger partial charge in [0, 0.05) is 17.2 Å². The lowest BCUT2D eigenvalue weighted by Gasteiger charge is -2.06. The molecule has 3 rings (SSSR count). The molecule has 1 amide bonds. The van der Waals surface area contributed by atoms with E-state index in [4.69, 9.17) is 9.47 Å². The summed E-state index contributed by atoms with van der Waals surface area (Å²) in [5, 5.41) is 4.00. The van der Waals surface area contributed by atoms with Crippen LogP contribution in [0.5, 0.6) is 11.5 Å². The highest BCUT2D eigenvalue weighted by Gasteiger charge is 2.09. The first kappa shape index (κ1) is 21.0. The van der Waals surface area contributed by atoms with Crippen molar-refractivity contribution >= 4 is 12.1 Å². The Balaban J connectivity index is 1.70. The van der Waals surface area contributed by atoms with Crippen molar-refractivity contribution in [2.24, 2.45) is 5.10 Å². The SMILES string of the molecule is CCCc1ccc(-c2cncc(C(=O)N/N=C/c3cc(OC)cc(OC)c3)n2)cc1. The van der Waals surface area contributed by atoms with Gasteiger partial charge in [-0.1, -0.05) is 37.6 Å². The van der Waals surface area contributed by atoms with Gasteiger partial charge in [-0.25, -0.2) is 10.4 Å². The molecule has 0 aliphatic rings. The minimum absolute atomic E-state index is 0.186. The van der Waals surface area contributed by atoms with Crippen molar-refractivity contribution in [2.75, 3.05) is 14.2 Å². The normalized spacial score (nSPS) is 10.8. The zero-order valence-electron chi connectivity index (χ0n) is 17.3. The van der Waals surface area contributed by atoms with Gasteiger partial charge in [-0.05, 0) is 24.1 Å². The first-order valence-corrected chi connectivity index (χ1v) is 9.60. The molecule has 154 valence electrons. The Morgan fingerprint density at radius 2 is 1.77 bits per heavy atom. The lowest BCUT2D eigenvalue weighted by atomic mass is 10.1. The molecule has 0 aliphatic carbocycles. The summed E-state index contributed by atoms with van der Waals surface area (Å²) in [6.07, 6.45) is 6.68. The van der Waals surface area contributed by atoms with Gasteiger partial charge in [0.25, 0.3) is 5.91 Å². The lowest BCUT2D eigenvalue weighted by molar-refractivity contribution is 0.0950. The van der Waals surface area contributed by atoms with Crippen LogP contribution < -0.4 is 14.9 Å². The Bertz CT molecular complexity index is 1010. The summed E-state index contributed by atoms with van der Waals surface area (Å²) in [6.45, 7) is 2.15. The van der Waals surface area contributed by atoms with Crippen molar-refractivity contribution in [2.45, 2.75) is 19.8 Å². The fourth-order valence-corrected chi connectivity index (χ4v) is 2.87. The lowest BCUT2D eigenvalue weighted by Crippen LogP contribution is -2.19. The Morgan fingerprint density at radius 1 is 1.07 bits per heavy atom. The topological polar surface area (TPSA) is 85.7 Å². The number of methoxy groups -OCH3 is 2. The van der Waals surface area contributed by atoms with Crippen LogP contribution in [0, 0.1) is 0 Å². The van der Waals surface area contributed by atoms with Gasteiger partial charge in [0.2, 0.25) is 0 Å². The number of nitrogens with one attached hydrogen (secondary N) is 1. The maximum absolute atomic E-state index is 12.4. The number of hydrogen-bond donors (Lipinski definition) is 1. The van der Waals surface area contributed by atoms with Crippen molar-refractivity contribution in [1.29, 1.82) is 0 Å². The van der Waals surface area contributed by atoms with Crippen LogP contribution in [0.15, 0.2) is 60.0 Å². The van der Waals surface area contributed by atoms with E-state index in [0.717, 1.165) is 24.0 Å². The molecule has 0 fully saturated rings. The molecule has 0 spiro atoms. The molecule has 3 aromatic rings. The minimum atomic E-state index is -0.446. The summed E-state index contributed by atoms with van der Waals surface area (Å²) < 4.78 is 10.4. The number of rotatable bonds is 8. The third-order valence-electron chi connectivity index (χ3n) is 4.41. The Labute approximate surface area is 175 Å². The molecular formula is C23H24N4O3. The third kappa shape index (κ3) is 5.41. The second kappa shape index (κ2) is 10.2. The van der Waals surface area contributed by atoms with E-state index < -0.39 is 5.91 Å². The van der Waals surface area contributed by atoms with Crippen LogP contribution in [-0.4, -0.2) is 36.3 Å². The van der Waals surface area contributed by atoms with E-state index in [0.29, 0.717) is 17.2 Å². The van der Waals surface area contributed by atoms with E-state index in [1.165, 1.54) is 18.0 Å². The van der Waals surface area contributed by atoms with Crippen LogP contribution in [-0.2, 0) is 6.42 Å². The highest BCUT2D eigenvalue weighted by molar-refractivity contribution is 5.93. The van der Waals surface area contributed by atoms with Crippen LogP contribution in [0.2, 0.25) is 0 Å². The van der Waals surface area contributed by atoms with E-state index in [-0.39, 0.29) is 5.69 Å². The average molecular weight is 404 g/mol. The summed E-state index contributed by atoms with van der Waals surface area (Å²) in [4.78, 5) is 21.0. The van der Waals surface area contributed by atoms with Crippen molar-refractivity contribution < 1.29 is 14.3 Å². The number of nitrogens with zero attached hydrogens (tertiary/aromatic N) is 3. The summed E-state index contributed by atoms with van der Waals surface area (Å²) in [6, 6.07) is 13.4. The number of aryl methyl sites for hydroxylation is 1. The van der Waals surface area contributed by atoms with Crippen LogP contribution in [0.3, 0.4) is 0 Å². The molecular weight excluding hydrogens is 380 g/mol. The van der Waals surface area contributed by atoms with Gasteiger partial charge in [0.05, 0.1) is 38.5 Å². The standard InChI is InChI=1S/C23H24N4O3/c1-4-5-16-6-8-18(9-7-16)21-14-24-15-22(26-21)23(28)27-25-13-17-10-19(29-2)12-20(11-17)30-3/h6-15H,4-5H2,1-3H3,(H,27,28)/b25-13+. The first-order chi connectivity index (χ1) is 14.6. The van der Waals surface area contributed by atoms with Crippen molar-refractivity contribution in [1.82, 2.24) is 15.4 Å². The zero-order valence-corrected chi connectivity index (χ0v) is 17.3. The second-order valence-electron chi connectivity index (χ2n) is 6.58. The smallest absolute Gasteiger partial charge is 0.291 e. The molecule has 0 saturated carbocycles. The van der Waals surface area contributed by atoms with Crippen molar-refractivity contribution in [3.63, 3.8) is 0 Å². The maximum atomic E-state index is 12.4. The number of carbonyl (C=O) groups excluding carboxylic acids is 1. The number of benzene rings is 2. The molecule has 0 atom stereocenters. The number of hydrazone groups is 1. The second-order valence-corrected chi connectivity index (χ2v) is 6.58. The molecule has 1 N–H and O–H groups in total. The van der Waals surface area contributed by atoms with Crippen LogP contribution in [0.25, 0.3) is 11.3 Å². The maximum Gasteiger partial charge on any atom is 0.291 e. The molecule has 1 aromatic heterocycles. The molecule has 0 aliphatic heterocycles.